The largest absolute Gasteiger partial charge is 0.506 e. The Morgan fingerprint density at radius 1 is 1.35 bits per heavy atom. The molecule has 0 bridgehead atoms. The third-order valence-electron chi connectivity index (χ3n) is 2.79. The molecule has 104 valence electrons. The van der Waals surface area contributed by atoms with Crippen LogP contribution in [0.3, 0.4) is 0 Å². The van der Waals surface area contributed by atoms with Crippen molar-refractivity contribution in [3.8, 4) is 5.75 Å². The van der Waals surface area contributed by atoms with Crippen LogP contribution in [0.4, 0.5) is 5.69 Å². The van der Waals surface area contributed by atoms with Gasteiger partial charge in [-0.2, -0.15) is 0 Å². The van der Waals surface area contributed by atoms with Crippen LogP contribution < -0.4 is 11.1 Å². The average molecular weight is 356 g/mol. The Balaban J connectivity index is 2.20. The number of carbonyl (C=O) groups is 1. The van der Waals surface area contributed by atoms with Gasteiger partial charge in [0, 0.05) is 17.7 Å². The summed E-state index contributed by atoms with van der Waals surface area (Å²) < 4.78 is 0.619. The summed E-state index contributed by atoms with van der Waals surface area (Å²) in [6.45, 7) is 0.368. The Bertz CT molecular complexity index is 662. The first kappa shape index (κ1) is 14.7. The molecule has 4 nitrogen and oxygen atoms in total. The predicted molar refractivity (Wildman–Crippen MR) is 83.1 cm³/mol. The molecule has 0 radical (unpaired) electrons. The lowest BCUT2D eigenvalue weighted by Gasteiger charge is -2.11. The van der Waals surface area contributed by atoms with E-state index in [-0.39, 0.29) is 5.75 Å². The fourth-order valence-electron chi connectivity index (χ4n) is 1.71. The van der Waals surface area contributed by atoms with Crippen LogP contribution in [0.25, 0.3) is 0 Å². The maximum Gasteiger partial charge on any atom is 0.248 e. The minimum Gasteiger partial charge on any atom is -0.506 e. The van der Waals surface area contributed by atoms with Gasteiger partial charge < -0.3 is 16.2 Å². The van der Waals surface area contributed by atoms with Crippen molar-refractivity contribution in [3.05, 3.63) is 57.0 Å². The number of phenolic OH excluding ortho intramolecular Hbond substituents is 1. The Labute approximate surface area is 129 Å². The maximum absolute atomic E-state index is 11.1. The van der Waals surface area contributed by atoms with Gasteiger partial charge >= 0.3 is 0 Å². The van der Waals surface area contributed by atoms with E-state index in [0.717, 1.165) is 0 Å². The van der Waals surface area contributed by atoms with Gasteiger partial charge in [-0.05, 0) is 40.2 Å². The fraction of sp³-hybridized carbons (Fsp3) is 0.0714. The molecule has 2 aromatic rings. The average Bonchev–Trinajstić information content (AvgIpc) is 2.41. The van der Waals surface area contributed by atoms with E-state index in [9.17, 15) is 9.90 Å². The van der Waals surface area contributed by atoms with Gasteiger partial charge in [0.15, 0.2) is 0 Å². The van der Waals surface area contributed by atoms with Gasteiger partial charge in [0.2, 0.25) is 5.91 Å². The number of phenols is 1. The number of benzene rings is 2. The first-order valence-corrected chi connectivity index (χ1v) is 6.95. The molecule has 6 heteroatoms. The summed E-state index contributed by atoms with van der Waals surface area (Å²) in [5.41, 5.74) is 6.89. The van der Waals surface area contributed by atoms with Crippen molar-refractivity contribution in [1.82, 2.24) is 0 Å². The number of para-hydroxylation sites is 1. The summed E-state index contributed by atoms with van der Waals surface area (Å²) in [5, 5.41) is 13.4. The molecule has 0 spiro atoms. The molecule has 0 aliphatic rings. The quantitative estimate of drug-likeness (QED) is 0.785. The fourth-order valence-corrected chi connectivity index (χ4v) is 2.30. The van der Waals surface area contributed by atoms with Gasteiger partial charge in [0.25, 0.3) is 0 Å². The van der Waals surface area contributed by atoms with Crippen LogP contribution in [0.5, 0.6) is 5.75 Å². The van der Waals surface area contributed by atoms with Gasteiger partial charge in [0.1, 0.15) is 5.75 Å². The number of hydrogen-bond acceptors (Lipinski definition) is 3. The van der Waals surface area contributed by atoms with Crippen LogP contribution in [-0.2, 0) is 6.54 Å². The molecule has 0 saturated carbocycles. The maximum atomic E-state index is 11.1. The van der Waals surface area contributed by atoms with Crippen molar-refractivity contribution in [1.29, 1.82) is 0 Å². The Morgan fingerprint density at radius 3 is 2.80 bits per heavy atom. The Hall–Kier alpha value is -1.72. The topological polar surface area (TPSA) is 75.4 Å². The summed E-state index contributed by atoms with van der Waals surface area (Å²) in [6.07, 6.45) is 0. The lowest BCUT2D eigenvalue weighted by Crippen LogP contribution is -2.11. The number of rotatable bonds is 4. The van der Waals surface area contributed by atoms with Crippen LogP contribution >= 0.6 is 27.5 Å². The van der Waals surface area contributed by atoms with Crippen LogP contribution in [0.15, 0.2) is 40.9 Å². The van der Waals surface area contributed by atoms with E-state index >= 15 is 0 Å². The minimum atomic E-state index is -0.519. The van der Waals surface area contributed by atoms with E-state index in [2.05, 4.69) is 21.2 Å². The normalized spacial score (nSPS) is 10.3. The molecule has 4 N–H and O–H groups in total. The zero-order valence-electron chi connectivity index (χ0n) is 10.4. The number of nitrogens with one attached hydrogen (secondary N) is 1. The molecule has 0 fully saturated rings. The van der Waals surface area contributed by atoms with E-state index in [0.29, 0.717) is 32.9 Å². The number of amides is 1. The number of hydrogen-bond donors (Lipinski definition) is 3. The van der Waals surface area contributed by atoms with E-state index in [1.807, 2.05) is 6.07 Å². The Morgan fingerprint density at radius 2 is 2.10 bits per heavy atom. The smallest absolute Gasteiger partial charge is 0.248 e. The third-order valence-corrected chi connectivity index (χ3v) is 3.76. The van der Waals surface area contributed by atoms with Crippen LogP contribution in [0, 0.1) is 0 Å². The van der Waals surface area contributed by atoms with Crippen molar-refractivity contribution >= 4 is 39.1 Å². The standard InChI is InChI=1S/C14H12BrClN2O2/c15-10-3-1-2-9(13(10)19)7-18-12-6-8(14(17)20)4-5-11(12)16/h1-6,18-19H,7H2,(H2,17,20). The van der Waals surface area contributed by atoms with Gasteiger partial charge in [0.05, 0.1) is 15.2 Å². The highest BCUT2D eigenvalue weighted by Gasteiger charge is 2.08. The van der Waals surface area contributed by atoms with Gasteiger partial charge in [-0.25, -0.2) is 0 Å². The van der Waals surface area contributed by atoms with Crippen LogP contribution in [0.2, 0.25) is 5.02 Å². The van der Waals surface area contributed by atoms with Crippen molar-refractivity contribution in [3.63, 3.8) is 0 Å². The molecular weight excluding hydrogens is 344 g/mol. The number of carbonyl (C=O) groups excluding carboxylic acids is 1. The molecule has 0 heterocycles. The third kappa shape index (κ3) is 3.23. The molecule has 20 heavy (non-hydrogen) atoms. The molecule has 0 aromatic heterocycles. The second kappa shape index (κ2) is 6.15. The lowest BCUT2D eigenvalue weighted by atomic mass is 10.1. The molecular formula is C14H12BrClN2O2. The molecule has 0 atom stereocenters. The summed E-state index contributed by atoms with van der Waals surface area (Å²) in [6, 6.07) is 10.1. The van der Waals surface area contributed by atoms with Crippen molar-refractivity contribution < 1.29 is 9.90 Å². The summed E-state index contributed by atoms with van der Waals surface area (Å²) in [5.74, 6) is -0.350. The molecule has 1 amide bonds. The second-order valence-corrected chi connectivity index (χ2v) is 5.42. The van der Waals surface area contributed by atoms with E-state index < -0.39 is 5.91 Å². The highest BCUT2D eigenvalue weighted by molar-refractivity contribution is 9.10. The molecule has 0 aliphatic heterocycles. The Kier molecular flexibility index (Phi) is 4.52. The summed E-state index contributed by atoms with van der Waals surface area (Å²) in [4.78, 5) is 11.1. The zero-order valence-corrected chi connectivity index (χ0v) is 12.7. The number of halogens is 2. The van der Waals surface area contributed by atoms with Crippen molar-refractivity contribution in [2.24, 2.45) is 5.73 Å². The number of aromatic hydroxyl groups is 1. The monoisotopic (exact) mass is 354 g/mol. The number of nitrogens with two attached hydrogens (primary N) is 1. The van der Waals surface area contributed by atoms with Crippen molar-refractivity contribution in [2.75, 3.05) is 5.32 Å². The summed E-state index contributed by atoms with van der Waals surface area (Å²) in [7, 11) is 0. The van der Waals surface area contributed by atoms with Gasteiger partial charge in [-0.1, -0.05) is 23.7 Å². The first-order chi connectivity index (χ1) is 9.49. The van der Waals surface area contributed by atoms with E-state index in [4.69, 9.17) is 17.3 Å². The zero-order chi connectivity index (χ0) is 14.7. The molecule has 0 saturated heterocycles. The molecule has 2 aromatic carbocycles. The molecule has 0 aliphatic carbocycles. The highest BCUT2D eigenvalue weighted by Crippen LogP contribution is 2.29. The number of anilines is 1. The van der Waals surface area contributed by atoms with Crippen LogP contribution in [0.1, 0.15) is 15.9 Å². The van der Waals surface area contributed by atoms with Gasteiger partial charge in [-0.15, -0.1) is 0 Å². The van der Waals surface area contributed by atoms with Crippen LogP contribution in [-0.4, -0.2) is 11.0 Å². The SMILES string of the molecule is NC(=O)c1ccc(Cl)c(NCc2cccc(Br)c2O)c1. The summed E-state index contributed by atoms with van der Waals surface area (Å²) >= 11 is 9.30. The van der Waals surface area contributed by atoms with Gasteiger partial charge in [-0.3, -0.25) is 4.79 Å². The predicted octanol–water partition coefficient (Wildman–Crippen LogP) is 3.52. The molecule has 2 rings (SSSR count). The second-order valence-electron chi connectivity index (χ2n) is 4.16. The lowest BCUT2D eigenvalue weighted by molar-refractivity contribution is 0.100. The molecule has 0 unspecified atom stereocenters. The number of primary amides is 1. The van der Waals surface area contributed by atoms with E-state index in [1.165, 1.54) is 0 Å². The minimum absolute atomic E-state index is 0.169. The first-order valence-electron chi connectivity index (χ1n) is 5.78. The van der Waals surface area contributed by atoms with E-state index in [1.54, 1.807) is 30.3 Å². The highest BCUT2D eigenvalue weighted by atomic mass is 79.9. The van der Waals surface area contributed by atoms with Crippen molar-refractivity contribution in [2.45, 2.75) is 6.54 Å².